The van der Waals surface area contributed by atoms with E-state index >= 15 is 4.39 Å². The Balaban J connectivity index is 1.71. The molecule has 3 atom stereocenters. The van der Waals surface area contributed by atoms with E-state index in [1.807, 2.05) is 0 Å². The lowest BCUT2D eigenvalue weighted by Gasteiger charge is -2.30. The first-order chi connectivity index (χ1) is 17.9. The molecular weight excluding hydrogens is 503 g/mol. The number of nitrogens with zero attached hydrogens (tertiary/aromatic N) is 2. The Kier molecular flexibility index (Phi) is 7.74. The van der Waals surface area contributed by atoms with Crippen molar-refractivity contribution in [2.45, 2.75) is 57.5 Å². The van der Waals surface area contributed by atoms with Crippen LogP contribution in [0.4, 0.5) is 19.0 Å². The van der Waals surface area contributed by atoms with Gasteiger partial charge in [0.05, 0.1) is 17.3 Å². The highest BCUT2D eigenvalue weighted by Gasteiger charge is 2.49. The molecular formula is C27H32F3N3O5. The van der Waals surface area contributed by atoms with Crippen LogP contribution in [0.25, 0.3) is 10.8 Å². The van der Waals surface area contributed by atoms with E-state index in [1.54, 1.807) is 40.2 Å². The quantitative estimate of drug-likeness (QED) is 0.441. The maximum Gasteiger partial charge on any atom is 0.303 e. The van der Waals surface area contributed by atoms with Gasteiger partial charge in [0, 0.05) is 30.6 Å². The Morgan fingerprint density at radius 2 is 1.61 bits per heavy atom. The second kappa shape index (κ2) is 10.5. The van der Waals surface area contributed by atoms with Crippen LogP contribution in [0.2, 0.25) is 0 Å². The molecule has 0 spiro atoms. The molecule has 38 heavy (non-hydrogen) atoms. The highest BCUT2D eigenvalue weighted by atomic mass is 19.3. The van der Waals surface area contributed by atoms with Gasteiger partial charge in [-0.2, -0.15) is 13.9 Å². The summed E-state index contributed by atoms with van der Waals surface area (Å²) in [7, 11) is 3.14. The molecule has 0 bridgehead atoms. The van der Waals surface area contributed by atoms with Crippen LogP contribution in [0.5, 0.6) is 11.5 Å². The zero-order chi connectivity index (χ0) is 27.8. The average Bonchev–Trinajstić information content (AvgIpc) is 2.85. The fourth-order valence-electron chi connectivity index (χ4n) is 4.36. The zero-order valence-corrected chi connectivity index (χ0v) is 22.1. The number of halogens is 3. The van der Waals surface area contributed by atoms with Crippen LogP contribution in [0.15, 0.2) is 30.3 Å². The number of ether oxygens (including phenoxy) is 4. The van der Waals surface area contributed by atoms with Gasteiger partial charge in [0.1, 0.15) is 36.8 Å². The normalized spacial score (nSPS) is 19.1. The van der Waals surface area contributed by atoms with Gasteiger partial charge in [-0.1, -0.05) is 12.1 Å². The molecule has 0 radical (unpaired) electrons. The molecule has 1 aliphatic rings. The number of hydrogen-bond donors (Lipinski definition) is 2. The van der Waals surface area contributed by atoms with Crippen LogP contribution in [0, 0.1) is 12.7 Å². The van der Waals surface area contributed by atoms with Crippen LogP contribution in [0.1, 0.15) is 43.6 Å². The van der Waals surface area contributed by atoms with Crippen LogP contribution >= 0.6 is 0 Å². The Morgan fingerprint density at radius 1 is 1.03 bits per heavy atom. The maximum atomic E-state index is 15.3. The number of benzene rings is 2. The number of rotatable bonds is 7. The first-order valence-corrected chi connectivity index (χ1v) is 12.2. The molecule has 206 valence electrons. The van der Waals surface area contributed by atoms with Gasteiger partial charge in [0.2, 0.25) is 0 Å². The van der Waals surface area contributed by atoms with Gasteiger partial charge in [0.25, 0.3) is 0 Å². The highest BCUT2D eigenvalue weighted by Crippen LogP contribution is 2.42. The van der Waals surface area contributed by atoms with Gasteiger partial charge in [0.15, 0.2) is 17.3 Å². The SMILES string of the molecule is CO[C@H]1COc2cc3c(N[C@H](C)c4cccc(C(F)(F)C(C)(C)O)c4F)nnc(C)c3cc2OC[C@H]1OC. The Hall–Kier alpha value is -3.15. The number of fused-ring (bicyclic) bond motifs is 2. The monoisotopic (exact) mass is 535 g/mol. The predicted molar refractivity (Wildman–Crippen MR) is 135 cm³/mol. The Morgan fingerprint density at radius 3 is 2.16 bits per heavy atom. The van der Waals surface area contributed by atoms with Gasteiger partial charge >= 0.3 is 5.92 Å². The number of alkyl halides is 2. The van der Waals surface area contributed by atoms with Gasteiger partial charge in [-0.15, -0.1) is 5.10 Å². The third kappa shape index (κ3) is 5.10. The second-order valence-corrected chi connectivity index (χ2v) is 9.86. The van der Waals surface area contributed by atoms with Gasteiger partial charge in [-0.3, -0.25) is 0 Å². The summed E-state index contributed by atoms with van der Waals surface area (Å²) in [5.74, 6) is -3.65. The first-order valence-electron chi connectivity index (χ1n) is 12.2. The van der Waals surface area contributed by atoms with E-state index in [2.05, 4.69) is 15.5 Å². The number of nitrogens with one attached hydrogen (secondary N) is 1. The predicted octanol–water partition coefficient (Wildman–Crippen LogP) is 4.91. The van der Waals surface area contributed by atoms with Gasteiger partial charge < -0.3 is 29.4 Å². The largest absolute Gasteiger partial charge is 0.487 e. The zero-order valence-electron chi connectivity index (χ0n) is 22.1. The number of methoxy groups -OCH3 is 2. The molecule has 11 heteroatoms. The van der Waals surface area contributed by atoms with Crippen molar-refractivity contribution in [3.63, 3.8) is 0 Å². The fourth-order valence-corrected chi connectivity index (χ4v) is 4.36. The summed E-state index contributed by atoms with van der Waals surface area (Å²) in [6.07, 6.45) is -0.677. The Labute approximate surface area is 219 Å². The van der Waals surface area contributed by atoms with Crippen LogP contribution in [-0.4, -0.2) is 60.5 Å². The molecule has 4 rings (SSSR count). The third-order valence-electron chi connectivity index (χ3n) is 6.81. The van der Waals surface area contributed by atoms with E-state index in [1.165, 1.54) is 12.1 Å². The first kappa shape index (κ1) is 27.9. The van der Waals surface area contributed by atoms with E-state index in [9.17, 15) is 13.9 Å². The van der Waals surface area contributed by atoms with E-state index < -0.39 is 28.9 Å². The molecule has 3 aromatic rings. The summed E-state index contributed by atoms with van der Waals surface area (Å²) >= 11 is 0. The number of hydrogen-bond acceptors (Lipinski definition) is 8. The molecule has 1 aliphatic heterocycles. The molecule has 2 aromatic carbocycles. The number of aromatic nitrogens is 2. The van der Waals surface area contributed by atoms with Crippen molar-refractivity contribution in [3.05, 3.63) is 53.0 Å². The van der Waals surface area contributed by atoms with Crippen molar-refractivity contribution in [1.29, 1.82) is 0 Å². The average molecular weight is 536 g/mol. The van der Waals surface area contributed by atoms with Crippen molar-refractivity contribution in [2.75, 3.05) is 32.8 Å². The molecule has 0 saturated heterocycles. The molecule has 0 amide bonds. The topological polar surface area (TPSA) is 95.0 Å². The number of aliphatic hydroxyl groups is 1. The van der Waals surface area contributed by atoms with E-state index in [-0.39, 0.29) is 31.0 Å². The molecule has 8 nitrogen and oxygen atoms in total. The lowest BCUT2D eigenvalue weighted by Crippen LogP contribution is -2.41. The minimum atomic E-state index is -3.81. The van der Waals surface area contributed by atoms with Crippen LogP contribution in [0.3, 0.4) is 0 Å². The summed E-state index contributed by atoms with van der Waals surface area (Å²) in [4.78, 5) is 0. The highest BCUT2D eigenvalue weighted by molar-refractivity contribution is 5.95. The third-order valence-corrected chi connectivity index (χ3v) is 6.81. The second-order valence-electron chi connectivity index (χ2n) is 9.86. The van der Waals surface area contributed by atoms with Crippen molar-refractivity contribution < 1.29 is 37.2 Å². The van der Waals surface area contributed by atoms with Crippen molar-refractivity contribution in [2.24, 2.45) is 0 Å². The fraction of sp³-hybridized carbons (Fsp3) is 0.481. The number of anilines is 1. The van der Waals surface area contributed by atoms with E-state index in [4.69, 9.17) is 18.9 Å². The smallest absolute Gasteiger partial charge is 0.303 e. The standard InChI is InChI=1S/C27H32F3N3O5/c1-14(16-8-7-9-19(24(16)28)27(29,30)26(3,4)34)31-25-18-11-21-20(10-17(18)15(2)32-33-25)37-12-22(35-5)23(36-6)13-38-21/h7-11,14,22-23,34H,12-13H2,1-6H3,(H,31,33)/t14-,22-,23+/m1/s1. The molecule has 0 saturated carbocycles. The minimum Gasteiger partial charge on any atom is -0.487 e. The minimum absolute atomic E-state index is 0.0127. The lowest BCUT2D eigenvalue weighted by atomic mass is 9.91. The Bertz CT molecular complexity index is 1320. The van der Waals surface area contributed by atoms with Crippen LogP contribution < -0.4 is 14.8 Å². The summed E-state index contributed by atoms with van der Waals surface area (Å²) in [6.45, 7) is 5.77. The molecule has 0 unspecified atom stereocenters. The number of aryl methyl sites for hydroxylation is 1. The van der Waals surface area contributed by atoms with Crippen LogP contribution in [-0.2, 0) is 15.4 Å². The molecule has 0 fully saturated rings. The summed E-state index contributed by atoms with van der Waals surface area (Å²) in [6, 6.07) is 6.47. The summed E-state index contributed by atoms with van der Waals surface area (Å²) in [5.41, 5.74) is -2.72. The molecule has 2 heterocycles. The summed E-state index contributed by atoms with van der Waals surface area (Å²) in [5, 5.41) is 22.8. The summed E-state index contributed by atoms with van der Waals surface area (Å²) < 4.78 is 67.8. The van der Waals surface area contributed by atoms with Crippen molar-refractivity contribution >= 4 is 16.6 Å². The molecule has 1 aromatic heterocycles. The van der Waals surface area contributed by atoms with Gasteiger partial charge in [-0.25, -0.2) is 4.39 Å². The lowest BCUT2D eigenvalue weighted by molar-refractivity contribution is -0.170. The molecule has 2 N–H and O–H groups in total. The van der Waals surface area contributed by atoms with Crippen molar-refractivity contribution in [3.8, 4) is 11.5 Å². The maximum absolute atomic E-state index is 15.3. The van der Waals surface area contributed by atoms with Gasteiger partial charge in [-0.05, 0) is 45.9 Å². The molecule has 0 aliphatic carbocycles. The van der Waals surface area contributed by atoms with E-state index in [0.29, 0.717) is 28.4 Å². The van der Waals surface area contributed by atoms with E-state index in [0.717, 1.165) is 25.3 Å². The van der Waals surface area contributed by atoms with Crippen molar-refractivity contribution in [1.82, 2.24) is 10.2 Å².